The molecule has 1 aromatic carbocycles. The number of primary amides is 2. The minimum absolute atomic E-state index is 0.103. The van der Waals surface area contributed by atoms with Gasteiger partial charge in [-0.2, -0.15) is 5.10 Å². The molecular formula is C22H25N5O3. The van der Waals surface area contributed by atoms with Gasteiger partial charge < -0.3 is 21.9 Å². The Morgan fingerprint density at radius 3 is 2.50 bits per heavy atom. The van der Waals surface area contributed by atoms with Crippen molar-refractivity contribution in [2.75, 3.05) is 5.32 Å². The maximum absolute atomic E-state index is 12.1. The Balaban J connectivity index is 1.78. The normalized spacial score (nSPS) is 21.5. The summed E-state index contributed by atoms with van der Waals surface area (Å²) >= 11 is 0. The Morgan fingerprint density at radius 1 is 1.17 bits per heavy atom. The highest BCUT2D eigenvalue weighted by molar-refractivity contribution is 6.03. The average molecular weight is 407 g/mol. The van der Waals surface area contributed by atoms with Crippen LogP contribution in [-0.2, 0) is 0 Å². The first kappa shape index (κ1) is 19.9. The van der Waals surface area contributed by atoms with E-state index in [-0.39, 0.29) is 6.04 Å². The minimum atomic E-state index is -0.654. The fourth-order valence-corrected chi connectivity index (χ4v) is 4.08. The van der Waals surface area contributed by atoms with Crippen LogP contribution in [0.4, 0.5) is 5.69 Å². The monoisotopic (exact) mass is 407 g/mol. The summed E-state index contributed by atoms with van der Waals surface area (Å²) in [5.74, 6) is -1.09. The van der Waals surface area contributed by atoms with Gasteiger partial charge in [-0.25, -0.2) is 4.52 Å². The van der Waals surface area contributed by atoms with Gasteiger partial charge in [0.1, 0.15) is 0 Å². The van der Waals surface area contributed by atoms with Crippen LogP contribution in [0.3, 0.4) is 0 Å². The number of benzene rings is 1. The van der Waals surface area contributed by atoms with Crippen molar-refractivity contribution in [1.29, 1.82) is 0 Å². The molecule has 0 radical (unpaired) electrons. The van der Waals surface area contributed by atoms with Gasteiger partial charge in [0.25, 0.3) is 5.91 Å². The van der Waals surface area contributed by atoms with Gasteiger partial charge in [-0.1, -0.05) is 18.2 Å². The number of rotatable bonds is 5. The van der Waals surface area contributed by atoms with Crippen molar-refractivity contribution in [3.05, 3.63) is 53.9 Å². The Hall–Kier alpha value is -3.39. The summed E-state index contributed by atoms with van der Waals surface area (Å²) in [6, 6.07) is 9.05. The number of aromatic nitrogens is 2. The van der Waals surface area contributed by atoms with E-state index in [1.54, 1.807) is 22.8 Å². The lowest BCUT2D eigenvalue weighted by atomic mass is 9.83. The van der Waals surface area contributed by atoms with E-state index < -0.39 is 17.4 Å². The highest BCUT2D eigenvalue weighted by Gasteiger charge is 2.29. The van der Waals surface area contributed by atoms with Crippen LogP contribution in [0.5, 0.6) is 0 Å². The van der Waals surface area contributed by atoms with Crippen LogP contribution in [0.25, 0.3) is 16.6 Å². The molecule has 0 saturated heterocycles. The third kappa shape index (κ3) is 3.73. The van der Waals surface area contributed by atoms with Crippen molar-refractivity contribution >= 4 is 23.0 Å². The Morgan fingerprint density at radius 2 is 1.83 bits per heavy atom. The molecule has 2 heterocycles. The van der Waals surface area contributed by atoms with Gasteiger partial charge in [0.2, 0.25) is 5.91 Å². The molecule has 6 N–H and O–H groups in total. The van der Waals surface area contributed by atoms with Gasteiger partial charge in [-0.05, 0) is 50.3 Å². The largest absolute Gasteiger partial charge is 0.390 e. The number of aliphatic hydroxyl groups is 1. The summed E-state index contributed by atoms with van der Waals surface area (Å²) < 4.78 is 1.65. The first-order chi connectivity index (χ1) is 14.2. The van der Waals surface area contributed by atoms with Crippen LogP contribution >= 0.6 is 0 Å². The third-order valence-electron chi connectivity index (χ3n) is 5.82. The smallest absolute Gasteiger partial charge is 0.252 e. The van der Waals surface area contributed by atoms with E-state index in [1.165, 1.54) is 6.20 Å². The number of hydrogen-bond acceptors (Lipinski definition) is 5. The van der Waals surface area contributed by atoms with Crippen LogP contribution < -0.4 is 16.8 Å². The lowest BCUT2D eigenvalue weighted by Gasteiger charge is -2.34. The maximum atomic E-state index is 12.1. The Bertz CT molecular complexity index is 1130. The number of nitrogens with one attached hydrogen (secondary N) is 1. The van der Waals surface area contributed by atoms with Crippen molar-refractivity contribution in [3.63, 3.8) is 0 Å². The summed E-state index contributed by atoms with van der Waals surface area (Å²) in [4.78, 5) is 23.9. The highest BCUT2D eigenvalue weighted by atomic mass is 16.3. The van der Waals surface area contributed by atoms with E-state index in [2.05, 4.69) is 10.4 Å². The van der Waals surface area contributed by atoms with Gasteiger partial charge in [-0.15, -0.1) is 0 Å². The molecule has 8 heteroatoms. The number of nitrogens with zero attached hydrogens (tertiary/aromatic N) is 2. The first-order valence-electron chi connectivity index (χ1n) is 9.94. The third-order valence-corrected chi connectivity index (χ3v) is 5.82. The molecule has 0 unspecified atom stereocenters. The topological polar surface area (TPSA) is 136 Å². The number of nitrogens with two attached hydrogens (primary N) is 2. The van der Waals surface area contributed by atoms with Gasteiger partial charge in [-0.3, -0.25) is 9.59 Å². The summed E-state index contributed by atoms with van der Waals surface area (Å²) in [5.41, 5.74) is 13.9. The molecule has 1 saturated carbocycles. The average Bonchev–Trinajstić information content (AvgIpc) is 3.14. The highest BCUT2D eigenvalue weighted by Crippen LogP contribution is 2.34. The van der Waals surface area contributed by atoms with E-state index in [1.807, 2.05) is 25.1 Å². The van der Waals surface area contributed by atoms with E-state index in [9.17, 15) is 14.7 Å². The number of hydrogen-bond donors (Lipinski definition) is 4. The summed E-state index contributed by atoms with van der Waals surface area (Å²) in [7, 11) is 0. The predicted molar refractivity (Wildman–Crippen MR) is 114 cm³/mol. The Kier molecular flexibility index (Phi) is 4.95. The molecule has 30 heavy (non-hydrogen) atoms. The fraction of sp³-hybridized carbons (Fsp3) is 0.318. The fourth-order valence-electron chi connectivity index (χ4n) is 4.08. The van der Waals surface area contributed by atoms with Gasteiger partial charge in [0.05, 0.1) is 28.6 Å². The van der Waals surface area contributed by atoms with Crippen molar-refractivity contribution < 1.29 is 14.7 Å². The molecule has 1 aliphatic carbocycles. The maximum Gasteiger partial charge on any atom is 0.252 e. The molecule has 156 valence electrons. The molecular weight excluding hydrogens is 382 g/mol. The van der Waals surface area contributed by atoms with Gasteiger partial charge in [0, 0.05) is 23.4 Å². The molecule has 0 bridgehead atoms. The second-order valence-corrected chi connectivity index (χ2v) is 8.18. The van der Waals surface area contributed by atoms with E-state index in [0.29, 0.717) is 40.7 Å². The zero-order valence-electron chi connectivity index (χ0n) is 16.8. The number of carbonyl (C=O) groups is 2. The standard InChI is InChI=1S/C22H25N5O3/c1-22(30)8-6-14(7-9-22)26-19-17(21(24)29)11-25-27-12-13(10-18(19)27)15-4-2-3-5-16(15)20(23)28/h2-5,10-12,14,26,30H,6-9H2,1H3,(H2,23,28)(H2,24,29)/t14-,22+. The number of amides is 2. The van der Waals surface area contributed by atoms with Crippen LogP contribution in [0.1, 0.15) is 53.3 Å². The lowest BCUT2D eigenvalue weighted by molar-refractivity contribution is 0.0196. The van der Waals surface area contributed by atoms with Crippen molar-refractivity contribution in [1.82, 2.24) is 9.61 Å². The molecule has 0 spiro atoms. The molecule has 0 atom stereocenters. The molecule has 8 nitrogen and oxygen atoms in total. The SMILES string of the molecule is C[C@]1(O)CC[C@@H](Nc2c(C(N)=O)cnn3cc(-c4ccccc4C(N)=O)cc23)CC1. The van der Waals surface area contributed by atoms with Crippen LogP contribution in [0.2, 0.25) is 0 Å². The summed E-state index contributed by atoms with van der Waals surface area (Å²) in [6.07, 6.45) is 6.14. The quantitative estimate of drug-likeness (QED) is 0.514. The Labute approximate surface area is 173 Å². The van der Waals surface area contributed by atoms with Crippen LogP contribution in [0.15, 0.2) is 42.7 Å². The summed E-state index contributed by atoms with van der Waals surface area (Å²) in [5, 5.41) is 18.0. The molecule has 3 aromatic rings. The number of carbonyl (C=O) groups excluding carboxylic acids is 2. The van der Waals surface area contributed by atoms with Crippen LogP contribution in [-0.4, -0.2) is 38.2 Å². The van der Waals surface area contributed by atoms with Crippen molar-refractivity contribution in [2.45, 2.75) is 44.2 Å². The summed E-state index contributed by atoms with van der Waals surface area (Å²) in [6.45, 7) is 1.85. The van der Waals surface area contributed by atoms with E-state index >= 15 is 0 Å². The number of fused-ring (bicyclic) bond motifs is 1. The molecule has 1 aliphatic rings. The zero-order valence-corrected chi connectivity index (χ0v) is 16.8. The van der Waals surface area contributed by atoms with Gasteiger partial charge >= 0.3 is 0 Å². The molecule has 0 aliphatic heterocycles. The van der Waals surface area contributed by atoms with E-state index in [4.69, 9.17) is 11.5 Å². The minimum Gasteiger partial charge on any atom is -0.390 e. The lowest BCUT2D eigenvalue weighted by Crippen LogP contribution is -2.36. The molecule has 2 aromatic heterocycles. The van der Waals surface area contributed by atoms with Gasteiger partial charge in [0.15, 0.2) is 0 Å². The van der Waals surface area contributed by atoms with Crippen molar-refractivity contribution in [3.8, 4) is 11.1 Å². The molecule has 1 fully saturated rings. The van der Waals surface area contributed by atoms with E-state index in [0.717, 1.165) is 18.4 Å². The second-order valence-electron chi connectivity index (χ2n) is 8.18. The van der Waals surface area contributed by atoms with Crippen LogP contribution in [0, 0.1) is 0 Å². The zero-order chi connectivity index (χ0) is 21.5. The second kappa shape index (κ2) is 7.46. The van der Waals surface area contributed by atoms with Crippen molar-refractivity contribution in [2.24, 2.45) is 11.5 Å². The predicted octanol–water partition coefficient (Wildman–Crippen LogP) is 2.30. The first-order valence-corrected chi connectivity index (χ1v) is 9.94. The number of anilines is 1. The molecule has 2 amide bonds. The molecule has 4 rings (SSSR count).